The number of unbranched alkanes of at least 4 members (excludes halogenated alkanes) is 2. The summed E-state index contributed by atoms with van der Waals surface area (Å²) in [5.74, 6) is 0.847. The van der Waals surface area contributed by atoms with Gasteiger partial charge in [0.2, 0.25) is 5.91 Å². The maximum atomic E-state index is 12.4. The van der Waals surface area contributed by atoms with Crippen LogP contribution < -0.4 is 10.9 Å². The Labute approximate surface area is 172 Å². The van der Waals surface area contributed by atoms with Crippen molar-refractivity contribution in [3.63, 3.8) is 0 Å². The predicted molar refractivity (Wildman–Crippen MR) is 112 cm³/mol. The van der Waals surface area contributed by atoms with Gasteiger partial charge in [0.1, 0.15) is 11.3 Å². The first kappa shape index (κ1) is 19.7. The molecule has 9 heteroatoms. The van der Waals surface area contributed by atoms with Gasteiger partial charge in [-0.1, -0.05) is 29.8 Å². The molecule has 0 bridgehead atoms. The molecule has 1 N–H and O–H groups in total. The third-order valence-electron chi connectivity index (χ3n) is 4.96. The number of benzene rings is 1. The first-order chi connectivity index (χ1) is 14.7. The van der Waals surface area contributed by atoms with E-state index in [1.807, 2.05) is 40.9 Å². The number of rotatable bonds is 9. The SMILES string of the molecule is O=C(CCCCCn1nnc2ccccc2c1=O)NCCc1nnc2ccccn12. The fraction of sp³-hybridized carbons (Fsp3) is 0.333. The van der Waals surface area contributed by atoms with Crippen molar-refractivity contribution in [3.05, 3.63) is 64.8 Å². The minimum absolute atomic E-state index is 0.0199. The van der Waals surface area contributed by atoms with Crippen LogP contribution >= 0.6 is 0 Å². The molecule has 3 heterocycles. The van der Waals surface area contributed by atoms with Gasteiger partial charge in [-0.15, -0.1) is 15.3 Å². The minimum atomic E-state index is -0.126. The number of aryl methyl sites for hydroxylation is 1. The molecule has 0 atom stereocenters. The Bertz CT molecular complexity index is 1210. The summed E-state index contributed by atoms with van der Waals surface area (Å²) in [7, 11) is 0. The molecule has 0 aliphatic heterocycles. The molecule has 30 heavy (non-hydrogen) atoms. The van der Waals surface area contributed by atoms with Crippen LogP contribution in [0.1, 0.15) is 31.5 Å². The van der Waals surface area contributed by atoms with Gasteiger partial charge in [0.15, 0.2) is 5.65 Å². The molecule has 0 saturated heterocycles. The summed E-state index contributed by atoms with van der Waals surface area (Å²) < 4.78 is 3.31. The first-order valence-corrected chi connectivity index (χ1v) is 10.1. The van der Waals surface area contributed by atoms with Crippen LogP contribution in [0.5, 0.6) is 0 Å². The Morgan fingerprint density at radius 3 is 2.77 bits per heavy atom. The number of fused-ring (bicyclic) bond motifs is 2. The summed E-state index contributed by atoms with van der Waals surface area (Å²) in [4.78, 5) is 24.4. The molecule has 3 aromatic heterocycles. The average molecular weight is 405 g/mol. The quantitative estimate of drug-likeness (QED) is 0.425. The lowest BCUT2D eigenvalue weighted by molar-refractivity contribution is -0.121. The number of hydrogen-bond donors (Lipinski definition) is 1. The van der Waals surface area contributed by atoms with E-state index in [9.17, 15) is 9.59 Å². The van der Waals surface area contributed by atoms with E-state index in [1.165, 1.54) is 4.68 Å². The van der Waals surface area contributed by atoms with Gasteiger partial charge in [-0.25, -0.2) is 4.68 Å². The van der Waals surface area contributed by atoms with Crippen LogP contribution in [-0.2, 0) is 17.8 Å². The molecule has 9 nitrogen and oxygen atoms in total. The van der Waals surface area contributed by atoms with Crippen molar-refractivity contribution in [1.82, 2.24) is 34.9 Å². The van der Waals surface area contributed by atoms with E-state index in [0.717, 1.165) is 30.7 Å². The fourth-order valence-electron chi connectivity index (χ4n) is 3.36. The lowest BCUT2D eigenvalue weighted by Gasteiger charge is -2.06. The number of amides is 1. The van der Waals surface area contributed by atoms with E-state index in [0.29, 0.717) is 36.8 Å². The van der Waals surface area contributed by atoms with E-state index < -0.39 is 0 Å². The van der Waals surface area contributed by atoms with Crippen LogP contribution in [0.2, 0.25) is 0 Å². The lowest BCUT2D eigenvalue weighted by atomic mass is 10.2. The second-order valence-corrected chi connectivity index (χ2v) is 7.09. The standard InChI is InChI=1S/C21H23N7O2/c29-20(22-13-12-19-25-24-18-10-5-7-14-27(18)19)11-2-1-6-15-28-21(30)16-8-3-4-9-17(16)23-26-28/h3-5,7-10,14H,1-2,6,11-13,15H2,(H,22,29). The van der Waals surface area contributed by atoms with Crippen molar-refractivity contribution >= 4 is 22.5 Å². The Hall–Kier alpha value is -3.62. The minimum Gasteiger partial charge on any atom is -0.356 e. The molecule has 0 aliphatic rings. The molecular weight excluding hydrogens is 382 g/mol. The number of carbonyl (C=O) groups is 1. The van der Waals surface area contributed by atoms with Crippen LogP contribution in [0.3, 0.4) is 0 Å². The smallest absolute Gasteiger partial charge is 0.277 e. The summed E-state index contributed by atoms with van der Waals surface area (Å²) in [6.45, 7) is 1.02. The molecular formula is C21H23N7O2. The van der Waals surface area contributed by atoms with E-state index in [4.69, 9.17) is 0 Å². The molecule has 0 aliphatic carbocycles. The summed E-state index contributed by atoms with van der Waals surface area (Å²) >= 11 is 0. The first-order valence-electron chi connectivity index (χ1n) is 10.1. The van der Waals surface area contributed by atoms with Gasteiger partial charge >= 0.3 is 0 Å². The molecule has 0 saturated carbocycles. The number of aromatic nitrogens is 6. The van der Waals surface area contributed by atoms with Crippen LogP contribution in [0, 0.1) is 0 Å². The Balaban J connectivity index is 1.16. The largest absolute Gasteiger partial charge is 0.356 e. The van der Waals surface area contributed by atoms with Gasteiger partial charge in [0.05, 0.1) is 5.39 Å². The van der Waals surface area contributed by atoms with Gasteiger partial charge in [-0.2, -0.15) is 0 Å². The monoisotopic (exact) mass is 405 g/mol. The molecule has 1 amide bonds. The van der Waals surface area contributed by atoms with Crippen molar-refractivity contribution in [2.45, 2.75) is 38.6 Å². The molecule has 0 spiro atoms. The highest BCUT2D eigenvalue weighted by molar-refractivity contribution is 5.76. The van der Waals surface area contributed by atoms with Gasteiger partial charge in [-0.05, 0) is 37.1 Å². The average Bonchev–Trinajstić information content (AvgIpc) is 3.18. The maximum Gasteiger partial charge on any atom is 0.277 e. The van der Waals surface area contributed by atoms with Gasteiger partial charge in [0, 0.05) is 32.1 Å². The molecule has 0 fully saturated rings. The topological polar surface area (TPSA) is 107 Å². The lowest BCUT2D eigenvalue weighted by Crippen LogP contribution is -2.26. The van der Waals surface area contributed by atoms with E-state index in [-0.39, 0.29) is 11.5 Å². The number of hydrogen-bond acceptors (Lipinski definition) is 6. The number of nitrogens with zero attached hydrogens (tertiary/aromatic N) is 6. The molecule has 154 valence electrons. The van der Waals surface area contributed by atoms with E-state index >= 15 is 0 Å². The predicted octanol–water partition coefficient (Wildman–Crippen LogP) is 1.75. The molecule has 0 radical (unpaired) electrons. The van der Waals surface area contributed by atoms with Crippen LogP contribution in [0.15, 0.2) is 53.5 Å². The van der Waals surface area contributed by atoms with Crippen molar-refractivity contribution in [3.8, 4) is 0 Å². The van der Waals surface area contributed by atoms with Crippen molar-refractivity contribution in [1.29, 1.82) is 0 Å². The van der Waals surface area contributed by atoms with Crippen LogP contribution in [-0.4, -0.2) is 42.0 Å². The molecule has 4 aromatic rings. The third-order valence-corrected chi connectivity index (χ3v) is 4.96. The summed E-state index contributed by atoms with van der Waals surface area (Å²) in [6.07, 6.45) is 5.36. The van der Waals surface area contributed by atoms with Crippen LogP contribution in [0.4, 0.5) is 0 Å². The normalized spacial score (nSPS) is 11.2. The van der Waals surface area contributed by atoms with Crippen LogP contribution in [0.25, 0.3) is 16.6 Å². The molecule has 0 unspecified atom stereocenters. The number of carbonyl (C=O) groups excluding carboxylic acids is 1. The summed E-state index contributed by atoms with van der Waals surface area (Å²) in [6, 6.07) is 12.9. The summed E-state index contributed by atoms with van der Waals surface area (Å²) in [5.41, 5.74) is 1.28. The van der Waals surface area contributed by atoms with Crippen molar-refractivity contribution < 1.29 is 4.79 Å². The number of nitrogens with one attached hydrogen (secondary N) is 1. The van der Waals surface area contributed by atoms with Gasteiger partial charge < -0.3 is 5.32 Å². The Morgan fingerprint density at radius 1 is 0.967 bits per heavy atom. The molecule has 4 rings (SSSR count). The number of pyridine rings is 1. The fourth-order valence-corrected chi connectivity index (χ4v) is 3.36. The third kappa shape index (κ3) is 4.51. The van der Waals surface area contributed by atoms with Gasteiger partial charge in [0.25, 0.3) is 5.56 Å². The second-order valence-electron chi connectivity index (χ2n) is 7.09. The highest BCUT2D eigenvalue weighted by atomic mass is 16.1. The maximum absolute atomic E-state index is 12.4. The zero-order chi connectivity index (χ0) is 20.8. The highest BCUT2D eigenvalue weighted by Crippen LogP contribution is 2.06. The van der Waals surface area contributed by atoms with Gasteiger partial charge in [-0.3, -0.25) is 14.0 Å². The van der Waals surface area contributed by atoms with Crippen molar-refractivity contribution in [2.24, 2.45) is 0 Å². The van der Waals surface area contributed by atoms with E-state index in [1.54, 1.807) is 12.1 Å². The summed E-state index contributed by atoms with van der Waals surface area (Å²) in [5, 5.41) is 19.8. The van der Waals surface area contributed by atoms with Crippen molar-refractivity contribution in [2.75, 3.05) is 6.54 Å². The zero-order valence-electron chi connectivity index (χ0n) is 16.6. The van der Waals surface area contributed by atoms with E-state index in [2.05, 4.69) is 25.8 Å². The molecule has 1 aromatic carbocycles. The zero-order valence-corrected chi connectivity index (χ0v) is 16.6. The Kier molecular flexibility index (Phi) is 6.07. The second kappa shape index (κ2) is 9.25. The highest BCUT2D eigenvalue weighted by Gasteiger charge is 2.07. The Morgan fingerprint density at radius 2 is 1.83 bits per heavy atom.